The van der Waals surface area contributed by atoms with E-state index in [1.54, 1.807) is 0 Å². The Labute approximate surface area is 177 Å². The first-order valence-electron chi connectivity index (χ1n) is 10.1. The van der Waals surface area contributed by atoms with E-state index in [2.05, 4.69) is 23.5 Å². The fourth-order valence-electron chi connectivity index (χ4n) is 3.86. The molecular weight excluding hydrogens is 378 g/mol. The minimum atomic E-state index is -0.107. The van der Waals surface area contributed by atoms with E-state index in [1.165, 1.54) is 17.5 Å². The van der Waals surface area contributed by atoms with Crippen LogP contribution in [0.1, 0.15) is 47.2 Å². The molecule has 0 aliphatic heterocycles. The molecule has 29 heavy (non-hydrogen) atoms. The van der Waals surface area contributed by atoms with Gasteiger partial charge in [-0.3, -0.25) is 4.79 Å². The number of carbonyl (C=O) groups is 1. The molecule has 0 bridgehead atoms. The Morgan fingerprint density at radius 1 is 0.966 bits per heavy atom. The molecule has 0 aromatic heterocycles. The van der Waals surface area contributed by atoms with E-state index in [4.69, 9.17) is 11.6 Å². The quantitative estimate of drug-likeness (QED) is 0.397. The third-order valence-corrected chi connectivity index (χ3v) is 5.85. The molecule has 3 aromatic carbocycles. The minimum absolute atomic E-state index is 0.0771. The number of benzene rings is 3. The second-order valence-electron chi connectivity index (χ2n) is 7.52. The van der Waals surface area contributed by atoms with Crippen molar-refractivity contribution in [2.45, 2.75) is 32.2 Å². The Kier molecular flexibility index (Phi) is 5.82. The van der Waals surface area contributed by atoms with Crippen molar-refractivity contribution in [2.75, 3.05) is 0 Å². The van der Waals surface area contributed by atoms with Crippen LogP contribution < -0.4 is 5.32 Å². The summed E-state index contributed by atoms with van der Waals surface area (Å²) in [5.41, 5.74) is 6.30. The Hall–Kier alpha value is -2.84. The van der Waals surface area contributed by atoms with Gasteiger partial charge in [-0.2, -0.15) is 0 Å². The van der Waals surface area contributed by atoms with Gasteiger partial charge < -0.3 is 5.32 Å². The number of hydrogen-bond donors (Lipinski definition) is 1. The molecule has 0 heterocycles. The summed E-state index contributed by atoms with van der Waals surface area (Å²) < 4.78 is 0. The average molecular weight is 402 g/mol. The fraction of sp³-hybridized carbons (Fsp3) is 0.192. The maximum Gasteiger partial charge on any atom is 0.252 e. The van der Waals surface area contributed by atoms with Crippen LogP contribution in [-0.4, -0.2) is 5.91 Å². The maximum atomic E-state index is 13.3. The number of amides is 1. The highest BCUT2D eigenvalue weighted by Crippen LogP contribution is 2.27. The molecule has 1 atom stereocenters. The van der Waals surface area contributed by atoms with Crippen molar-refractivity contribution in [3.05, 3.63) is 106 Å². The minimum Gasteiger partial charge on any atom is -0.345 e. The number of carbonyl (C=O) groups excluding carboxylic acids is 1. The number of nitrogens with one attached hydrogen (secondary N) is 1. The van der Waals surface area contributed by atoms with Gasteiger partial charge >= 0.3 is 0 Å². The summed E-state index contributed by atoms with van der Waals surface area (Å²) in [6, 6.07) is 23.8. The van der Waals surface area contributed by atoms with E-state index >= 15 is 0 Å². The van der Waals surface area contributed by atoms with Gasteiger partial charge in [0.25, 0.3) is 5.91 Å². The maximum absolute atomic E-state index is 13.3. The normalized spacial score (nSPS) is 14.3. The molecule has 3 aromatic rings. The molecule has 1 unspecified atom stereocenters. The smallest absolute Gasteiger partial charge is 0.252 e. The van der Waals surface area contributed by atoms with Crippen LogP contribution in [0, 0.1) is 0 Å². The SMILES string of the molecule is CC(NC(=O)/C(=C/c1ccccc1Cl)c1ccccc1)c1ccc2c(c1)CCC2. The molecule has 0 fully saturated rings. The molecule has 0 saturated carbocycles. The van der Waals surface area contributed by atoms with Gasteiger partial charge in [0.1, 0.15) is 0 Å². The van der Waals surface area contributed by atoms with Crippen LogP contribution in [-0.2, 0) is 17.6 Å². The lowest BCUT2D eigenvalue weighted by atomic mass is 9.99. The highest BCUT2D eigenvalue weighted by molar-refractivity contribution is 6.33. The van der Waals surface area contributed by atoms with Crippen LogP contribution in [0.4, 0.5) is 0 Å². The van der Waals surface area contributed by atoms with Crippen molar-refractivity contribution in [1.29, 1.82) is 0 Å². The lowest BCUT2D eigenvalue weighted by Crippen LogP contribution is -2.27. The van der Waals surface area contributed by atoms with Crippen LogP contribution >= 0.6 is 11.6 Å². The van der Waals surface area contributed by atoms with E-state index in [-0.39, 0.29) is 11.9 Å². The van der Waals surface area contributed by atoms with Crippen molar-refractivity contribution in [1.82, 2.24) is 5.32 Å². The summed E-state index contributed by atoms with van der Waals surface area (Å²) in [6.45, 7) is 2.03. The molecule has 4 rings (SSSR count). The zero-order valence-electron chi connectivity index (χ0n) is 16.5. The average Bonchev–Trinajstić information content (AvgIpc) is 3.21. The lowest BCUT2D eigenvalue weighted by molar-refractivity contribution is -0.116. The summed E-state index contributed by atoms with van der Waals surface area (Å²) in [7, 11) is 0. The summed E-state index contributed by atoms with van der Waals surface area (Å²) in [4.78, 5) is 13.3. The van der Waals surface area contributed by atoms with Crippen LogP contribution in [0.25, 0.3) is 11.6 Å². The van der Waals surface area contributed by atoms with Gasteiger partial charge in [-0.1, -0.05) is 78.3 Å². The molecule has 1 amide bonds. The van der Waals surface area contributed by atoms with Gasteiger partial charge in [0.05, 0.1) is 6.04 Å². The predicted molar refractivity (Wildman–Crippen MR) is 121 cm³/mol. The zero-order chi connectivity index (χ0) is 20.2. The molecule has 2 nitrogen and oxygen atoms in total. The highest BCUT2D eigenvalue weighted by Gasteiger charge is 2.18. The van der Waals surface area contributed by atoms with Gasteiger partial charge in [0.15, 0.2) is 0 Å². The van der Waals surface area contributed by atoms with Crippen LogP contribution in [0.2, 0.25) is 5.02 Å². The van der Waals surface area contributed by atoms with Gasteiger partial charge in [0, 0.05) is 10.6 Å². The van der Waals surface area contributed by atoms with E-state index in [9.17, 15) is 4.79 Å². The molecule has 0 spiro atoms. The molecule has 1 aliphatic rings. The summed E-state index contributed by atoms with van der Waals surface area (Å²) in [5.74, 6) is -0.107. The van der Waals surface area contributed by atoms with Crippen LogP contribution in [0.5, 0.6) is 0 Å². The molecule has 0 saturated heterocycles. The van der Waals surface area contributed by atoms with Crippen LogP contribution in [0.15, 0.2) is 72.8 Å². The highest BCUT2D eigenvalue weighted by atomic mass is 35.5. The molecule has 146 valence electrons. The van der Waals surface area contributed by atoms with Gasteiger partial charge in [0.2, 0.25) is 0 Å². The van der Waals surface area contributed by atoms with E-state index in [1.807, 2.05) is 67.6 Å². The molecule has 3 heteroatoms. The van der Waals surface area contributed by atoms with Crippen molar-refractivity contribution in [3.63, 3.8) is 0 Å². The Morgan fingerprint density at radius 2 is 1.69 bits per heavy atom. The number of fused-ring (bicyclic) bond motifs is 1. The standard InChI is InChI=1S/C26H24ClNO/c1-18(21-15-14-19-11-7-12-22(19)16-21)28-26(29)24(20-8-3-2-4-9-20)17-23-10-5-6-13-25(23)27/h2-6,8-10,13-18H,7,11-12H2,1H3,(H,28,29)/b24-17+. The van der Waals surface area contributed by atoms with Gasteiger partial charge in [-0.25, -0.2) is 0 Å². The molecule has 1 aliphatic carbocycles. The van der Waals surface area contributed by atoms with Crippen molar-refractivity contribution >= 4 is 29.2 Å². The Balaban J connectivity index is 1.62. The number of halogens is 1. The molecule has 0 radical (unpaired) electrons. The number of aryl methyl sites for hydroxylation is 2. The van der Waals surface area contributed by atoms with E-state index in [0.29, 0.717) is 10.6 Å². The lowest BCUT2D eigenvalue weighted by Gasteiger charge is -2.17. The van der Waals surface area contributed by atoms with Crippen molar-refractivity contribution in [2.24, 2.45) is 0 Å². The summed E-state index contributed by atoms with van der Waals surface area (Å²) >= 11 is 6.34. The predicted octanol–water partition coefficient (Wildman–Crippen LogP) is 6.25. The third kappa shape index (κ3) is 4.44. The largest absolute Gasteiger partial charge is 0.345 e. The molecular formula is C26H24ClNO. The topological polar surface area (TPSA) is 29.1 Å². The van der Waals surface area contributed by atoms with Crippen LogP contribution in [0.3, 0.4) is 0 Å². The third-order valence-electron chi connectivity index (χ3n) is 5.50. The number of rotatable bonds is 5. The first-order valence-corrected chi connectivity index (χ1v) is 10.4. The summed E-state index contributed by atoms with van der Waals surface area (Å²) in [5, 5.41) is 3.80. The van der Waals surface area contributed by atoms with E-state index < -0.39 is 0 Å². The first kappa shape index (κ1) is 19.5. The summed E-state index contributed by atoms with van der Waals surface area (Å²) in [6.07, 6.45) is 5.38. The van der Waals surface area contributed by atoms with Crippen molar-refractivity contribution in [3.8, 4) is 0 Å². The van der Waals surface area contributed by atoms with Gasteiger partial charge in [-0.05, 0) is 66.1 Å². The number of hydrogen-bond acceptors (Lipinski definition) is 1. The monoisotopic (exact) mass is 401 g/mol. The fourth-order valence-corrected chi connectivity index (χ4v) is 4.05. The second-order valence-corrected chi connectivity index (χ2v) is 7.93. The first-order chi connectivity index (χ1) is 14.1. The Bertz CT molecular complexity index is 1060. The van der Waals surface area contributed by atoms with Crippen molar-refractivity contribution < 1.29 is 4.79 Å². The van der Waals surface area contributed by atoms with E-state index in [0.717, 1.165) is 29.5 Å². The molecule has 1 N–H and O–H groups in total. The zero-order valence-corrected chi connectivity index (χ0v) is 17.2. The second kappa shape index (κ2) is 8.67. The Morgan fingerprint density at radius 3 is 2.48 bits per heavy atom. The van der Waals surface area contributed by atoms with Gasteiger partial charge in [-0.15, -0.1) is 0 Å².